The quantitative estimate of drug-likeness (QED) is 0.748. The van der Waals surface area contributed by atoms with Crippen molar-refractivity contribution in [3.05, 3.63) is 34.9 Å². The van der Waals surface area contributed by atoms with Gasteiger partial charge in [-0.1, -0.05) is 52.2 Å². The standard InChI is InChI=1S/C15H22BrN/c1-11-6-12(2)8-14(7-11)10-17-5-4-15(16)13(3)9-17/h6-8,13,15H,4-5,9-10H2,1-3H3. The van der Waals surface area contributed by atoms with E-state index in [1.54, 1.807) is 0 Å². The number of halogens is 1. The van der Waals surface area contributed by atoms with Crippen molar-refractivity contribution in [3.63, 3.8) is 0 Å². The Morgan fingerprint density at radius 3 is 2.47 bits per heavy atom. The van der Waals surface area contributed by atoms with Gasteiger partial charge in [0.25, 0.3) is 0 Å². The Morgan fingerprint density at radius 2 is 1.88 bits per heavy atom. The minimum absolute atomic E-state index is 0.706. The highest BCUT2D eigenvalue weighted by atomic mass is 79.9. The fraction of sp³-hybridized carbons (Fsp3) is 0.600. The van der Waals surface area contributed by atoms with E-state index in [2.05, 4.69) is 59.8 Å². The molecule has 0 bridgehead atoms. The summed E-state index contributed by atoms with van der Waals surface area (Å²) < 4.78 is 0. The van der Waals surface area contributed by atoms with Crippen LogP contribution in [0.1, 0.15) is 30.0 Å². The van der Waals surface area contributed by atoms with E-state index < -0.39 is 0 Å². The lowest BCUT2D eigenvalue weighted by Crippen LogP contribution is -2.39. The molecule has 0 spiro atoms. The highest BCUT2D eigenvalue weighted by molar-refractivity contribution is 9.09. The molecule has 2 atom stereocenters. The lowest BCUT2D eigenvalue weighted by Gasteiger charge is -2.34. The summed E-state index contributed by atoms with van der Waals surface area (Å²) in [7, 11) is 0. The zero-order valence-electron chi connectivity index (χ0n) is 11.0. The number of piperidine rings is 1. The van der Waals surface area contributed by atoms with Gasteiger partial charge in [0.2, 0.25) is 0 Å². The van der Waals surface area contributed by atoms with E-state index in [0.717, 1.165) is 12.5 Å². The van der Waals surface area contributed by atoms with E-state index >= 15 is 0 Å². The zero-order valence-corrected chi connectivity index (χ0v) is 12.6. The Hall–Kier alpha value is -0.340. The Labute approximate surface area is 113 Å². The van der Waals surface area contributed by atoms with Crippen molar-refractivity contribution in [2.75, 3.05) is 13.1 Å². The van der Waals surface area contributed by atoms with Crippen LogP contribution < -0.4 is 0 Å². The van der Waals surface area contributed by atoms with E-state index in [1.165, 1.54) is 36.2 Å². The van der Waals surface area contributed by atoms with Crippen LogP contribution in [0.2, 0.25) is 0 Å². The molecule has 1 aromatic rings. The molecule has 1 aromatic carbocycles. The second-order valence-electron chi connectivity index (χ2n) is 5.51. The molecular weight excluding hydrogens is 274 g/mol. The summed E-state index contributed by atoms with van der Waals surface area (Å²) in [6.07, 6.45) is 1.27. The molecule has 0 N–H and O–H groups in total. The number of rotatable bonds is 2. The molecule has 94 valence electrons. The summed E-state index contributed by atoms with van der Waals surface area (Å²) in [5.41, 5.74) is 4.22. The van der Waals surface area contributed by atoms with Crippen molar-refractivity contribution in [2.24, 2.45) is 5.92 Å². The average Bonchev–Trinajstić information content (AvgIpc) is 2.22. The Balaban J connectivity index is 2.01. The fourth-order valence-corrected chi connectivity index (χ4v) is 3.14. The molecule has 17 heavy (non-hydrogen) atoms. The molecule has 0 amide bonds. The fourth-order valence-electron chi connectivity index (χ4n) is 2.77. The summed E-state index contributed by atoms with van der Waals surface area (Å²) in [5.74, 6) is 0.759. The van der Waals surface area contributed by atoms with E-state index in [4.69, 9.17) is 0 Å². The maximum absolute atomic E-state index is 3.76. The van der Waals surface area contributed by atoms with Gasteiger partial charge in [0.05, 0.1) is 0 Å². The maximum Gasteiger partial charge on any atom is 0.0234 e. The lowest BCUT2D eigenvalue weighted by molar-refractivity contribution is 0.183. The van der Waals surface area contributed by atoms with Gasteiger partial charge < -0.3 is 0 Å². The van der Waals surface area contributed by atoms with Crippen molar-refractivity contribution in [3.8, 4) is 0 Å². The van der Waals surface area contributed by atoms with E-state index in [1.807, 2.05) is 0 Å². The maximum atomic E-state index is 3.76. The highest BCUT2D eigenvalue weighted by Crippen LogP contribution is 2.24. The van der Waals surface area contributed by atoms with Crippen LogP contribution in [0.4, 0.5) is 0 Å². The van der Waals surface area contributed by atoms with Crippen molar-refractivity contribution in [1.29, 1.82) is 0 Å². The van der Waals surface area contributed by atoms with Crippen LogP contribution in [-0.4, -0.2) is 22.8 Å². The molecule has 0 aromatic heterocycles. The van der Waals surface area contributed by atoms with Gasteiger partial charge in [-0.2, -0.15) is 0 Å². The van der Waals surface area contributed by atoms with Crippen LogP contribution in [0.3, 0.4) is 0 Å². The van der Waals surface area contributed by atoms with Crippen LogP contribution in [0.5, 0.6) is 0 Å². The van der Waals surface area contributed by atoms with Crippen molar-refractivity contribution < 1.29 is 0 Å². The molecule has 1 aliphatic rings. The molecule has 2 rings (SSSR count). The van der Waals surface area contributed by atoms with Gasteiger partial charge in [-0.3, -0.25) is 4.90 Å². The first-order valence-electron chi connectivity index (χ1n) is 6.48. The van der Waals surface area contributed by atoms with E-state index in [9.17, 15) is 0 Å². The third kappa shape index (κ3) is 3.56. The van der Waals surface area contributed by atoms with Gasteiger partial charge in [-0.05, 0) is 38.3 Å². The zero-order chi connectivity index (χ0) is 12.4. The third-order valence-electron chi connectivity index (χ3n) is 3.57. The minimum Gasteiger partial charge on any atom is -0.299 e. The normalized spacial score (nSPS) is 26.1. The van der Waals surface area contributed by atoms with Crippen LogP contribution in [0.15, 0.2) is 18.2 Å². The van der Waals surface area contributed by atoms with Gasteiger partial charge in [-0.15, -0.1) is 0 Å². The van der Waals surface area contributed by atoms with Crippen molar-refractivity contribution in [1.82, 2.24) is 4.90 Å². The van der Waals surface area contributed by atoms with Crippen LogP contribution in [0.25, 0.3) is 0 Å². The molecule has 1 fully saturated rings. The van der Waals surface area contributed by atoms with Gasteiger partial charge in [-0.25, -0.2) is 0 Å². The number of aryl methyl sites for hydroxylation is 2. The molecule has 2 heteroatoms. The molecule has 1 nitrogen and oxygen atoms in total. The van der Waals surface area contributed by atoms with Gasteiger partial charge in [0.1, 0.15) is 0 Å². The first kappa shape index (κ1) is 13.1. The van der Waals surface area contributed by atoms with Crippen LogP contribution in [-0.2, 0) is 6.54 Å². The molecule has 1 aliphatic heterocycles. The monoisotopic (exact) mass is 295 g/mol. The van der Waals surface area contributed by atoms with E-state index in [0.29, 0.717) is 4.83 Å². The molecule has 0 saturated carbocycles. The summed E-state index contributed by atoms with van der Waals surface area (Å²) in [5, 5.41) is 0. The summed E-state index contributed by atoms with van der Waals surface area (Å²) >= 11 is 3.76. The number of benzene rings is 1. The predicted octanol–water partition coefficient (Wildman–Crippen LogP) is 3.91. The molecule has 1 heterocycles. The summed E-state index contributed by atoms with van der Waals surface area (Å²) in [4.78, 5) is 3.29. The molecule has 2 unspecified atom stereocenters. The lowest BCUT2D eigenvalue weighted by atomic mass is 9.99. The van der Waals surface area contributed by atoms with Crippen molar-refractivity contribution >= 4 is 15.9 Å². The minimum atomic E-state index is 0.706. The summed E-state index contributed by atoms with van der Waals surface area (Å²) in [6.45, 7) is 10.2. The summed E-state index contributed by atoms with van der Waals surface area (Å²) in [6, 6.07) is 6.88. The number of hydrogen-bond donors (Lipinski definition) is 0. The van der Waals surface area contributed by atoms with E-state index in [-0.39, 0.29) is 0 Å². The Morgan fingerprint density at radius 1 is 1.24 bits per heavy atom. The SMILES string of the molecule is Cc1cc(C)cc(CN2CCC(Br)C(C)C2)c1. The number of hydrogen-bond acceptors (Lipinski definition) is 1. The largest absolute Gasteiger partial charge is 0.299 e. The van der Waals surface area contributed by atoms with Gasteiger partial charge in [0, 0.05) is 17.9 Å². The molecule has 0 radical (unpaired) electrons. The Bertz CT molecular complexity index is 368. The van der Waals surface area contributed by atoms with Crippen LogP contribution >= 0.6 is 15.9 Å². The van der Waals surface area contributed by atoms with Crippen LogP contribution in [0, 0.1) is 19.8 Å². The van der Waals surface area contributed by atoms with Crippen molar-refractivity contribution in [2.45, 2.75) is 38.6 Å². The average molecular weight is 296 g/mol. The highest BCUT2D eigenvalue weighted by Gasteiger charge is 2.23. The molecule has 0 aliphatic carbocycles. The second kappa shape index (κ2) is 5.53. The first-order valence-corrected chi connectivity index (χ1v) is 7.40. The third-order valence-corrected chi connectivity index (χ3v) is 4.93. The van der Waals surface area contributed by atoms with Gasteiger partial charge in [0.15, 0.2) is 0 Å². The Kier molecular flexibility index (Phi) is 4.26. The number of nitrogens with zero attached hydrogens (tertiary/aromatic N) is 1. The first-order chi connectivity index (χ1) is 8.04. The predicted molar refractivity (Wildman–Crippen MR) is 77.7 cm³/mol. The molecular formula is C15H22BrN. The number of likely N-dealkylation sites (tertiary alicyclic amines) is 1. The van der Waals surface area contributed by atoms with Gasteiger partial charge >= 0.3 is 0 Å². The smallest absolute Gasteiger partial charge is 0.0234 e. The molecule has 1 saturated heterocycles. The second-order valence-corrected chi connectivity index (χ2v) is 6.69. The topological polar surface area (TPSA) is 3.24 Å². The number of alkyl halides is 1.